The van der Waals surface area contributed by atoms with Crippen molar-refractivity contribution in [1.82, 2.24) is 0 Å². The van der Waals surface area contributed by atoms with E-state index in [0.717, 1.165) is 21.8 Å². The zero-order valence-corrected chi connectivity index (χ0v) is 11.2. The second-order valence-corrected chi connectivity index (χ2v) is 4.77. The van der Waals surface area contributed by atoms with E-state index in [1.807, 2.05) is 18.2 Å². The number of rotatable bonds is 4. The third kappa shape index (κ3) is 3.21. The Kier molecular flexibility index (Phi) is 4.82. The standard InChI is InChI=1S/C11H12Br2O/c1-2-8-5-9(7-10(13)6-8)11(14)3-4-12/h5-7H,2-4H2,1H3. The first-order valence-corrected chi connectivity index (χ1v) is 6.47. The van der Waals surface area contributed by atoms with E-state index >= 15 is 0 Å². The molecule has 14 heavy (non-hydrogen) atoms. The van der Waals surface area contributed by atoms with Gasteiger partial charge < -0.3 is 0 Å². The molecular formula is C11H12Br2O. The van der Waals surface area contributed by atoms with E-state index in [1.165, 1.54) is 5.56 Å². The van der Waals surface area contributed by atoms with Crippen LogP contribution < -0.4 is 0 Å². The van der Waals surface area contributed by atoms with Gasteiger partial charge in [-0.3, -0.25) is 4.79 Å². The minimum atomic E-state index is 0.192. The van der Waals surface area contributed by atoms with Crippen molar-refractivity contribution < 1.29 is 4.79 Å². The van der Waals surface area contributed by atoms with Crippen LogP contribution in [0.25, 0.3) is 0 Å². The third-order valence-electron chi connectivity index (χ3n) is 2.01. The topological polar surface area (TPSA) is 17.1 Å². The van der Waals surface area contributed by atoms with Gasteiger partial charge in [0.1, 0.15) is 0 Å². The van der Waals surface area contributed by atoms with Crippen LogP contribution in [0.2, 0.25) is 0 Å². The quantitative estimate of drug-likeness (QED) is 0.606. The fourth-order valence-electron chi connectivity index (χ4n) is 1.25. The van der Waals surface area contributed by atoms with Gasteiger partial charge in [0.2, 0.25) is 0 Å². The Morgan fingerprint density at radius 3 is 2.64 bits per heavy atom. The number of benzene rings is 1. The lowest BCUT2D eigenvalue weighted by atomic mass is 10.0. The third-order valence-corrected chi connectivity index (χ3v) is 2.86. The van der Waals surface area contributed by atoms with Crippen molar-refractivity contribution in [2.75, 3.05) is 5.33 Å². The highest BCUT2D eigenvalue weighted by atomic mass is 79.9. The van der Waals surface area contributed by atoms with Crippen molar-refractivity contribution in [2.45, 2.75) is 19.8 Å². The van der Waals surface area contributed by atoms with E-state index in [2.05, 4.69) is 38.8 Å². The molecule has 0 saturated carbocycles. The molecule has 0 amide bonds. The first-order chi connectivity index (χ1) is 6.67. The van der Waals surface area contributed by atoms with Crippen LogP contribution in [0, 0.1) is 0 Å². The summed E-state index contributed by atoms with van der Waals surface area (Å²) in [5.74, 6) is 0.192. The van der Waals surface area contributed by atoms with Gasteiger partial charge in [-0.05, 0) is 30.2 Å². The van der Waals surface area contributed by atoms with Crippen LogP contribution >= 0.6 is 31.9 Å². The van der Waals surface area contributed by atoms with Gasteiger partial charge in [0.05, 0.1) is 0 Å². The predicted octanol–water partition coefficient (Wildman–Crippen LogP) is 3.98. The zero-order valence-electron chi connectivity index (χ0n) is 8.02. The first-order valence-electron chi connectivity index (χ1n) is 4.56. The molecule has 0 radical (unpaired) electrons. The average molecular weight is 320 g/mol. The molecule has 0 unspecified atom stereocenters. The van der Waals surface area contributed by atoms with Gasteiger partial charge in [-0.25, -0.2) is 0 Å². The maximum atomic E-state index is 11.6. The number of Topliss-reactive ketones (excluding diaryl/α,β-unsaturated/α-hetero) is 1. The lowest BCUT2D eigenvalue weighted by Gasteiger charge is -2.03. The monoisotopic (exact) mass is 318 g/mol. The Labute approximate surface area is 101 Å². The molecule has 76 valence electrons. The maximum absolute atomic E-state index is 11.6. The highest BCUT2D eigenvalue weighted by molar-refractivity contribution is 9.10. The van der Waals surface area contributed by atoms with Crippen LogP contribution in [0.4, 0.5) is 0 Å². The van der Waals surface area contributed by atoms with Crippen LogP contribution in [-0.4, -0.2) is 11.1 Å². The number of aryl methyl sites for hydroxylation is 1. The van der Waals surface area contributed by atoms with Crippen molar-refractivity contribution >= 4 is 37.6 Å². The molecule has 0 atom stereocenters. The number of hydrogen-bond donors (Lipinski definition) is 0. The molecule has 0 aliphatic carbocycles. The van der Waals surface area contributed by atoms with Gasteiger partial charge in [-0.15, -0.1) is 0 Å². The Bertz CT molecular complexity index is 334. The molecular weight excluding hydrogens is 308 g/mol. The van der Waals surface area contributed by atoms with E-state index in [9.17, 15) is 4.79 Å². The Hall–Kier alpha value is -0.150. The highest BCUT2D eigenvalue weighted by Gasteiger charge is 2.06. The lowest BCUT2D eigenvalue weighted by Crippen LogP contribution is -2.00. The summed E-state index contributed by atoms with van der Waals surface area (Å²) in [4.78, 5) is 11.6. The van der Waals surface area contributed by atoms with E-state index in [4.69, 9.17) is 0 Å². The Morgan fingerprint density at radius 1 is 1.36 bits per heavy atom. The molecule has 0 heterocycles. The van der Waals surface area contributed by atoms with Gasteiger partial charge in [0.15, 0.2) is 5.78 Å². The molecule has 1 nitrogen and oxygen atoms in total. The van der Waals surface area contributed by atoms with E-state index in [1.54, 1.807) is 0 Å². The van der Waals surface area contributed by atoms with Gasteiger partial charge in [-0.2, -0.15) is 0 Å². The van der Waals surface area contributed by atoms with Gasteiger partial charge >= 0.3 is 0 Å². The molecule has 1 rings (SSSR count). The van der Waals surface area contributed by atoms with Gasteiger partial charge in [0.25, 0.3) is 0 Å². The second-order valence-electron chi connectivity index (χ2n) is 3.06. The summed E-state index contributed by atoms with van der Waals surface area (Å²) < 4.78 is 0.981. The smallest absolute Gasteiger partial charge is 0.163 e. The predicted molar refractivity (Wildman–Crippen MR) is 66.3 cm³/mol. The lowest BCUT2D eigenvalue weighted by molar-refractivity contribution is 0.0989. The van der Waals surface area contributed by atoms with Crippen LogP contribution in [0.15, 0.2) is 22.7 Å². The van der Waals surface area contributed by atoms with Crippen molar-refractivity contribution in [3.05, 3.63) is 33.8 Å². The summed E-state index contributed by atoms with van der Waals surface area (Å²) in [6.45, 7) is 2.08. The van der Waals surface area contributed by atoms with Crippen LogP contribution in [0.5, 0.6) is 0 Å². The summed E-state index contributed by atoms with van der Waals surface area (Å²) >= 11 is 6.68. The summed E-state index contributed by atoms with van der Waals surface area (Å²) in [6.07, 6.45) is 1.51. The maximum Gasteiger partial charge on any atom is 0.163 e. The molecule has 0 aliphatic rings. The van der Waals surface area contributed by atoms with Crippen molar-refractivity contribution in [2.24, 2.45) is 0 Å². The minimum Gasteiger partial charge on any atom is -0.294 e. The molecule has 3 heteroatoms. The van der Waals surface area contributed by atoms with Crippen molar-refractivity contribution in [1.29, 1.82) is 0 Å². The average Bonchev–Trinajstić information content (AvgIpc) is 2.17. The normalized spacial score (nSPS) is 10.2. The fraction of sp³-hybridized carbons (Fsp3) is 0.364. The largest absolute Gasteiger partial charge is 0.294 e. The summed E-state index contributed by atoms with van der Waals surface area (Å²) in [6, 6.07) is 5.89. The summed E-state index contributed by atoms with van der Waals surface area (Å²) in [7, 11) is 0. The molecule has 0 spiro atoms. The molecule has 0 saturated heterocycles. The summed E-state index contributed by atoms with van der Waals surface area (Å²) in [5.41, 5.74) is 1.99. The van der Waals surface area contributed by atoms with Crippen LogP contribution in [0.1, 0.15) is 29.3 Å². The molecule has 0 aromatic heterocycles. The molecule has 1 aromatic carbocycles. The Morgan fingerprint density at radius 2 is 2.07 bits per heavy atom. The van der Waals surface area contributed by atoms with E-state index in [0.29, 0.717) is 6.42 Å². The zero-order chi connectivity index (χ0) is 10.6. The minimum absolute atomic E-state index is 0.192. The first kappa shape index (κ1) is 11.9. The Balaban J connectivity index is 2.96. The van der Waals surface area contributed by atoms with E-state index in [-0.39, 0.29) is 5.78 Å². The number of halogens is 2. The number of hydrogen-bond acceptors (Lipinski definition) is 1. The molecule has 0 N–H and O–H groups in total. The number of carbonyl (C=O) groups excluding carboxylic acids is 1. The fourth-order valence-corrected chi connectivity index (χ4v) is 2.15. The van der Waals surface area contributed by atoms with E-state index < -0.39 is 0 Å². The SMILES string of the molecule is CCc1cc(Br)cc(C(=O)CCBr)c1. The highest BCUT2D eigenvalue weighted by Crippen LogP contribution is 2.17. The number of carbonyl (C=O) groups is 1. The molecule has 1 aromatic rings. The van der Waals surface area contributed by atoms with Gasteiger partial charge in [-0.1, -0.05) is 38.8 Å². The summed E-state index contributed by atoms with van der Waals surface area (Å²) in [5, 5.41) is 0.722. The van der Waals surface area contributed by atoms with Gasteiger partial charge in [0, 0.05) is 21.8 Å². The second kappa shape index (κ2) is 5.66. The molecule has 0 fully saturated rings. The molecule has 0 aliphatic heterocycles. The van der Waals surface area contributed by atoms with Crippen molar-refractivity contribution in [3.8, 4) is 0 Å². The van der Waals surface area contributed by atoms with Crippen LogP contribution in [0.3, 0.4) is 0 Å². The van der Waals surface area contributed by atoms with Crippen molar-refractivity contribution in [3.63, 3.8) is 0 Å². The van der Waals surface area contributed by atoms with Crippen LogP contribution in [-0.2, 0) is 6.42 Å². The number of alkyl halides is 1. The molecule has 0 bridgehead atoms. The number of ketones is 1.